The molecule has 0 spiro atoms. The second-order valence-electron chi connectivity index (χ2n) is 5.15. The topological polar surface area (TPSA) is 49.8 Å². The molecule has 0 radical (unpaired) electrons. The van der Waals surface area contributed by atoms with Gasteiger partial charge in [0.15, 0.2) is 4.84 Å². The van der Waals surface area contributed by atoms with Gasteiger partial charge < -0.3 is 14.7 Å². The van der Waals surface area contributed by atoms with Crippen molar-refractivity contribution in [2.45, 2.75) is 36.6 Å². The zero-order valence-corrected chi connectivity index (χ0v) is 12.8. The van der Waals surface area contributed by atoms with Crippen LogP contribution >= 0.6 is 23.2 Å². The van der Waals surface area contributed by atoms with Crippen LogP contribution in [0.2, 0.25) is 0 Å². The number of aliphatic hydroxyl groups is 1. The minimum absolute atomic E-state index is 0.227. The average Bonchev–Trinajstić information content (AvgIpc) is 2.69. The Morgan fingerprint density at radius 1 is 1.40 bits per heavy atom. The third-order valence-corrected chi connectivity index (χ3v) is 3.79. The molecule has 1 fully saturated rings. The van der Waals surface area contributed by atoms with Crippen molar-refractivity contribution in [1.82, 2.24) is 4.90 Å². The first-order valence-corrected chi connectivity index (χ1v) is 7.20. The van der Waals surface area contributed by atoms with Crippen LogP contribution in [0.15, 0.2) is 30.3 Å². The Morgan fingerprint density at radius 2 is 2.00 bits per heavy atom. The van der Waals surface area contributed by atoms with E-state index in [2.05, 4.69) is 0 Å². The van der Waals surface area contributed by atoms with Gasteiger partial charge in [-0.3, -0.25) is 4.79 Å². The lowest BCUT2D eigenvalue weighted by Gasteiger charge is -2.33. The highest BCUT2D eigenvalue weighted by atomic mass is 35.5. The summed E-state index contributed by atoms with van der Waals surface area (Å²) in [6.07, 6.45) is -0.410. The van der Waals surface area contributed by atoms with Crippen LogP contribution in [0.5, 0.6) is 0 Å². The molecule has 0 unspecified atom stereocenters. The summed E-state index contributed by atoms with van der Waals surface area (Å²) in [5.41, 5.74) is 0.0168. The van der Waals surface area contributed by atoms with E-state index in [0.29, 0.717) is 0 Å². The lowest BCUT2D eigenvalue weighted by atomic mass is 10.0. The predicted octanol–water partition coefficient (Wildman–Crippen LogP) is 2.49. The number of alkyl halides is 2. The van der Waals surface area contributed by atoms with E-state index in [-0.39, 0.29) is 6.61 Å². The molecule has 1 N–H and O–H groups in total. The Kier molecular flexibility index (Phi) is 4.59. The second-order valence-corrected chi connectivity index (χ2v) is 6.25. The van der Waals surface area contributed by atoms with Gasteiger partial charge in [0.2, 0.25) is 0 Å². The number of nitrogens with zero attached hydrogens (tertiary/aromatic N) is 1. The summed E-state index contributed by atoms with van der Waals surface area (Å²) in [7, 11) is 0. The Morgan fingerprint density at radius 3 is 2.50 bits per heavy atom. The van der Waals surface area contributed by atoms with Gasteiger partial charge >= 0.3 is 0 Å². The van der Waals surface area contributed by atoms with Crippen molar-refractivity contribution in [2.75, 3.05) is 6.61 Å². The highest BCUT2D eigenvalue weighted by Gasteiger charge is 2.50. The molecule has 1 aromatic rings. The van der Waals surface area contributed by atoms with Crippen molar-refractivity contribution in [3.8, 4) is 0 Å². The molecule has 0 bridgehead atoms. The molecule has 1 aliphatic heterocycles. The summed E-state index contributed by atoms with van der Waals surface area (Å²) in [5.74, 6) is -0.462. The zero-order chi connectivity index (χ0) is 14.9. The monoisotopic (exact) mass is 317 g/mol. The highest BCUT2D eigenvalue weighted by Crippen LogP contribution is 2.41. The lowest BCUT2D eigenvalue weighted by molar-refractivity contribution is -0.146. The van der Waals surface area contributed by atoms with E-state index >= 15 is 0 Å². The largest absolute Gasteiger partial charge is 0.394 e. The molecular formula is C14H17Cl2NO3. The lowest BCUT2D eigenvalue weighted by Crippen LogP contribution is -2.51. The maximum absolute atomic E-state index is 12.2. The van der Waals surface area contributed by atoms with Crippen LogP contribution in [0.4, 0.5) is 0 Å². The molecule has 2 rings (SSSR count). The van der Waals surface area contributed by atoms with Gasteiger partial charge in [0.25, 0.3) is 5.91 Å². The molecule has 1 aromatic carbocycles. The van der Waals surface area contributed by atoms with Gasteiger partial charge in [0, 0.05) is 0 Å². The molecule has 0 aromatic heterocycles. The van der Waals surface area contributed by atoms with Crippen LogP contribution in [0.3, 0.4) is 0 Å². The predicted molar refractivity (Wildman–Crippen MR) is 77.6 cm³/mol. The molecule has 1 aliphatic rings. The quantitative estimate of drug-likeness (QED) is 0.871. The fourth-order valence-electron chi connectivity index (χ4n) is 2.63. The minimum atomic E-state index is -1.18. The smallest absolute Gasteiger partial charge is 0.258 e. The van der Waals surface area contributed by atoms with Crippen molar-refractivity contribution >= 4 is 29.1 Å². The molecule has 0 saturated carbocycles. The van der Waals surface area contributed by atoms with Crippen molar-refractivity contribution < 1.29 is 14.6 Å². The van der Waals surface area contributed by atoms with Crippen LogP contribution in [-0.2, 0) is 9.53 Å². The third-order valence-electron chi connectivity index (χ3n) is 3.42. The van der Waals surface area contributed by atoms with Crippen molar-refractivity contribution in [3.05, 3.63) is 35.9 Å². The van der Waals surface area contributed by atoms with Gasteiger partial charge in [0.05, 0.1) is 12.6 Å². The summed E-state index contributed by atoms with van der Waals surface area (Å²) in [5, 5.41) is 9.67. The summed E-state index contributed by atoms with van der Waals surface area (Å²) in [6, 6.07) is 8.95. The molecule has 1 heterocycles. The third kappa shape index (κ3) is 2.79. The standard InChI is InChI=1S/C14H17Cl2NO3/c1-14(2)17(13(19)12(15)16)10(8-18)11(20-14)9-6-4-3-5-7-9/h3-7,10-12,18H,8H2,1-2H3/t10-,11-/m1/s1. The van der Waals surface area contributed by atoms with E-state index in [0.717, 1.165) is 5.56 Å². The maximum Gasteiger partial charge on any atom is 0.258 e. The van der Waals surface area contributed by atoms with Gasteiger partial charge in [-0.15, -0.1) is 0 Å². The van der Waals surface area contributed by atoms with Gasteiger partial charge in [-0.1, -0.05) is 53.5 Å². The van der Waals surface area contributed by atoms with E-state index in [1.54, 1.807) is 13.8 Å². The molecule has 0 aliphatic carbocycles. The van der Waals surface area contributed by atoms with Gasteiger partial charge in [-0.25, -0.2) is 0 Å². The van der Waals surface area contributed by atoms with Gasteiger partial charge in [0.1, 0.15) is 11.8 Å². The zero-order valence-electron chi connectivity index (χ0n) is 11.3. The molecule has 1 saturated heterocycles. The fourth-order valence-corrected chi connectivity index (χ4v) is 2.84. The van der Waals surface area contributed by atoms with Gasteiger partial charge in [-0.05, 0) is 19.4 Å². The SMILES string of the molecule is CC1(C)O[C@H](c2ccccc2)[C@@H](CO)N1C(=O)C(Cl)Cl. The summed E-state index contributed by atoms with van der Waals surface area (Å²) >= 11 is 11.4. The number of halogens is 2. The summed E-state index contributed by atoms with van der Waals surface area (Å²) in [6.45, 7) is 3.29. The second kappa shape index (κ2) is 5.90. The number of benzene rings is 1. The number of rotatable bonds is 3. The molecule has 4 nitrogen and oxygen atoms in total. The first-order chi connectivity index (χ1) is 9.38. The number of ether oxygens (including phenoxy) is 1. The Balaban J connectivity index is 2.37. The number of aliphatic hydroxyl groups excluding tert-OH is 1. The molecule has 20 heavy (non-hydrogen) atoms. The van der Waals surface area contributed by atoms with Crippen molar-refractivity contribution in [1.29, 1.82) is 0 Å². The van der Waals surface area contributed by atoms with E-state index < -0.39 is 28.6 Å². The molecular weight excluding hydrogens is 301 g/mol. The van der Waals surface area contributed by atoms with E-state index in [1.807, 2.05) is 30.3 Å². The Bertz CT molecular complexity index is 479. The number of carbonyl (C=O) groups excluding carboxylic acids is 1. The van der Waals surface area contributed by atoms with E-state index in [9.17, 15) is 9.90 Å². The van der Waals surface area contributed by atoms with E-state index in [4.69, 9.17) is 27.9 Å². The number of carbonyl (C=O) groups is 1. The average molecular weight is 318 g/mol. The first kappa shape index (κ1) is 15.6. The molecule has 1 amide bonds. The normalized spacial score (nSPS) is 25.2. The Hall–Kier alpha value is -0.810. The molecule has 2 atom stereocenters. The maximum atomic E-state index is 12.2. The van der Waals surface area contributed by atoms with Crippen LogP contribution < -0.4 is 0 Å². The minimum Gasteiger partial charge on any atom is -0.394 e. The summed E-state index contributed by atoms with van der Waals surface area (Å²) < 4.78 is 5.95. The van der Waals surface area contributed by atoms with Crippen molar-refractivity contribution in [3.63, 3.8) is 0 Å². The van der Waals surface area contributed by atoms with E-state index in [1.165, 1.54) is 4.90 Å². The highest BCUT2D eigenvalue weighted by molar-refractivity contribution is 6.53. The van der Waals surface area contributed by atoms with Crippen LogP contribution in [0.25, 0.3) is 0 Å². The van der Waals surface area contributed by atoms with Crippen LogP contribution in [0.1, 0.15) is 25.5 Å². The van der Waals surface area contributed by atoms with Crippen LogP contribution in [0, 0.1) is 0 Å². The first-order valence-electron chi connectivity index (χ1n) is 6.33. The van der Waals surface area contributed by atoms with Crippen molar-refractivity contribution in [2.24, 2.45) is 0 Å². The number of amides is 1. The summed E-state index contributed by atoms with van der Waals surface area (Å²) in [4.78, 5) is 12.4. The molecule has 110 valence electrons. The number of hydrogen-bond acceptors (Lipinski definition) is 3. The number of hydrogen-bond donors (Lipinski definition) is 1. The fraction of sp³-hybridized carbons (Fsp3) is 0.500. The molecule has 6 heteroatoms. The Labute approximate surface area is 128 Å². The van der Waals surface area contributed by atoms with Crippen LogP contribution in [-0.4, -0.2) is 39.1 Å². The van der Waals surface area contributed by atoms with Gasteiger partial charge in [-0.2, -0.15) is 0 Å².